The summed E-state index contributed by atoms with van der Waals surface area (Å²) < 4.78 is 2.20. The number of nitrogens with zero attached hydrogens (tertiary/aromatic N) is 3. The lowest BCUT2D eigenvalue weighted by Crippen LogP contribution is -2.12. The second kappa shape index (κ2) is 3.82. The van der Waals surface area contributed by atoms with E-state index in [0.29, 0.717) is 10.4 Å². The molecular formula is C9H7BrN4O. The van der Waals surface area contributed by atoms with Crippen LogP contribution in [0.2, 0.25) is 0 Å². The lowest BCUT2D eigenvalue weighted by molar-refractivity contribution is 0.0995. The van der Waals surface area contributed by atoms with Gasteiger partial charge in [0.05, 0.1) is 0 Å². The fourth-order valence-electron chi connectivity index (χ4n) is 1.11. The van der Waals surface area contributed by atoms with Crippen LogP contribution in [0.15, 0.2) is 35.1 Å². The van der Waals surface area contributed by atoms with E-state index in [9.17, 15) is 4.79 Å². The van der Waals surface area contributed by atoms with Crippen molar-refractivity contribution in [2.24, 2.45) is 5.73 Å². The van der Waals surface area contributed by atoms with Crippen LogP contribution in [-0.4, -0.2) is 20.7 Å². The lowest BCUT2D eigenvalue weighted by Gasteiger charge is -1.99. The molecule has 0 saturated heterocycles. The number of pyridine rings is 1. The minimum absolute atomic E-state index is 0.219. The van der Waals surface area contributed by atoms with Crippen LogP contribution in [0, 0.1) is 0 Å². The maximum Gasteiger partial charge on any atom is 0.269 e. The van der Waals surface area contributed by atoms with Crippen molar-refractivity contribution < 1.29 is 4.79 Å². The molecule has 0 aliphatic heterocycles. The smallest absolute Gasteiger partial charge is 0.269 e. The Morgan fingerprint density at radius 3 is 2.80 bits per heavy atom. The van der Waals surface area contributed by atoms with E-state index < -0.39 is 5.91 Å². The Morgan fingerprint density at radius 2 is 2.20 bits per heavy atom. The van der Waals surface area contributed by atoms with Crippen LogP contribution < -0.4 is 5.73 Å². The average Bonchev–Trinajstić information content (AvgIpc) is 2.66. The minimum Gasteiger partial charge on any atom is -0.364 e. The molecule has 0 aliphatic rings. The zero-order chi connectivity index (χ0) is 10.8. The van der Waals surface area contributed by atoms with Crippen molar-refractivity contribution in [1.82, 2.24) is 14.8 Å². The van der Waals surface area contributed by atoms with E-state index in [1.165, 1.54) is 4.68 Å². The number of carbonyl (C=O) groups is 1. The third-order valence-corrected chi connectivity index (χ3v) is 2.22. The van der Waals surface area contributed by atoms with Gasteiger partial charge >= 0.3 is 0 Å². The fourth-order valence-corrected chi connectivity index (χ4v) is 1.44. The molecule has 0 bridgehead atoms. The molecule has 0 fully saturated rings. The number of halogens is 1. The summed E-state index contributed by atoms with van der Waals surface area (Å²) in [6, 6.07) is 6.97. The summed E-state index contributed by atoms with van der Waals surface area (Å²) in [5.74, 6) is 0.0700. The molecule has 0 saturated carbocycles. The molecule has 1 amide bonds. The van der Waals surface area contributed by atoms with Crippen molar-refractivity contribution in [3.63, 3.8) is 0 Å². The van der Waals surface area contributed by atoms with Crippen molar-refractivity contribution >= 4 is 21.8 Å². The molecule has 2 aromatic rings. The van der Waals surface area contributed by atoms with Gasteiger partial charge in [-0.1, -0.05) is 6.07 Å². The molecular weight excluding hydrogens is 260 g/mol. The number of hydrogen-bond acceptors (Lipinski definition) is 3. The lowest BCUT2D eigenvalue weighted by atomic mass is 10.4. The van der Waals surface area contributed by atoms with E-state index in [-0.39, 0.29) is 5.69 Å². The number of nitrogens with two attached hydrogens (primary N) is 1. The highest BCUT2D eigenvalue weighted by Crippen LogP contribution is 2.09. The second-order valence-electron chi connectivity index (χ2n) is 2.83. The van der Waals surface area contributed by atoms with Crippen LogP contribution in [0.3, 0.4) is 0 Å². The summed E-state index contributed by atoms with van der Waals surface area (Å²) in [4.78, 5) is 15.0. The van der Waals surface area contributed by atoms with Crippen LogP contribution in [0.25, 0.3) is 5.82 Å². The van der Waals surface area contributed by atoms with Crippen molar-refractivity contribution in [1.29, 1.82) is 0 Å². The second-order valence-corrected chi connectivity index (χ2v) is 3.64. The number of primary amides is 1. The first-order valence-electron chi connectivity index (χ1n) is 4.15. The van der Waals surface area contributed by atoms with Gasteiger partial charge in [0.1, 0.15) is 10.3 Å². The molecule has 5 nitrogen and oxygen atoms in total. The summed E-state index contributed by atoms with van der Waals surface area (Å²) in [5, 5.41) is 3.98. The highest BCUT2D eigenvalue weighted by atomic mass is 79.9. The van der Waals surface area contributed by atoms with Gasteiger partial charge in [0, 0.05) is 6.20 Å². The Kier molecular flexibility index (Phi) is 2.51. The molecule has 0 atom stereocenters. The first kappa shape index (κ1) is 9.85. The van der Waals surface area contributed by atoms with E-state index in [1.54, 1.807) is 18.3 Å². The molecule has 2 aromatic heterocycles. The molecule has 0 aromatic carbocycles. The van der Waals surface area contributed by atoms with Gasteiger partial charge in [0.15, 0.2) is 5.82 Å². The monoisotopic (exact) mass is 266 g/mol. The maximum atomic E-state index is 10.8. The Labute approximate surface area is 94.0 Å². The van der Waals surface area contributed by atoms with E-state index in [0.717, 1.165) is 0 Å². The Balaban J connectivity index is 2.41. The van der Waals surface area contributed by atoms with Crippen molar-refractivity contribution in [2.45, 2.75) is 0 Å². The predicted molar refractivity (Wildman–Crippen MR) is 57.6 cm³/mol. The molecule has 76 valence electrons. The molecule has 0 unspecified atom stereocenters. The number of rotatable bonds is 2. The summed E-state index contributed by atoms with van der Waals surface area (Å²) in [6.07, 6.45) is 1.63. The predicted octanol–water partition coefficient (Wildman–Crippen LogP) is 1.13. The van der Waals surface area contributed by atoms with Gasteiger partial charge in [-0.25, -0.2) is 9.67 Å². The van der Waals surface area contributed by atoms with Gasteiger partial charge in [-0.3, -0.25) is 4.79 Å². The number of aromatic nitrogens is 3. The standard InChI is InChI=1S/C9H7BrN4O/c10-7-2-1-3-8(12-7)14-5-4-6(13-14)9(11)15/h1-5H,(H2,11,15). The summed E-state index contributed by atoms with van der Waals surface area (Å²) in [6.45, 7) is 0. The average molecular weight is 267 g/mol. The number of hydrogen-bond donors (Lipinski definition) is 1. The van der Waals surface area contributed by atoms with Crippen LogP contribution in [0.4, 0.5) is 0 Å². The number of carbonyl (C=O) groups excluding carboxylic acids is 1. The molecule has 2 rings (SSSR count). The van der Waals surface area contributed by atoms with Crippen LogP contribution >= 0.6 is 15.9 Å². The van der Waals surface area contributed by atoms with Crippen molar-refractivity contribution in [3.05, 3.63) is 40.8 Å². The quantitative estimate of drug-likeness (QED) is 0.829. The summed E-state index contributed by atoms with van der Waals surface area (Å²) in [5.41, 5.74) is 5.31. The Morgan fingerprint density at radius 1 is 1.40 bits per heavy atom. The molecule has 6 heteroatoms. The molecule has 2 heterocycles. The Bertz CT molecular complexity index is 508. The van der Waals surface area contributed by atoms with Crippen molar-refractivity contribution in [3.8, 4) is 5.82 Å². The van der Waals surface area contributed by atoms with Crippen LogP contribution in [0.5, 0.6) is 0 Å². The molecule has 2 N–H and O–H groups in total. The molecule has 0 radical (unpaired) electrons. The SMILES string of the molecule is NC(=O)c1ccn(-c2cccc(Br)n2)n1. The minimum atomic E-state index is -0.552. The first-order valence-corrected chi connectivity index (χ1v) is 4.94. The van der Waals surface area contributed by atoms with Crippen LogP contribution in [0.1, 0.15) is 10.5 Å². The molecule has 15 heavy (non-hydrogen) atoms. The summed E-state index contributed by atoms with van der Waals surface area (Å²) >= 11 is 3.25. The van der Waals surface area contributed by atoms with Gasteiger partial charge in [-0.05, 0) is 34.1 Å². The topological polar surface area (TPSA) is 73.8 Å². The molecule has 0 spiro atoms. The van der Waals surface area contributed by atoms with Gasteiger partial charge in [-0.2, -0.15) is 5.10 Å². The van der Waals surface area contributed by atoms with Gasteiger partial charge in [0.25, 0.3) is 5.91 Å². The number of amides is 1. The first-order chi connectivity index (χ1) is 7.16. The Hall–Kier alpha value is -1.69. The third-order valence-electron chi connectivity index (χ3n) is 1.78. The van der Waals surface area contributed by atoms with Crippen LogP contribution in [-0.2, 0) is 0 Å². The van der Waals surface area contributed by atoms with E-state index in [2.05, 4.69) is 26.0 Å². The zero-order valence-electron chi connectivity index (χ0n) is 7.59. The van der Waals surface area contributed by atoms with Gasteiger partial charge < -0.3 is 5.73 Å². The maximum absolute atomic E-state index is 10.8. The highest BCUT2D eigenvalue weighted by molar-refractivity contribution is 9.10. The summed E-state index contributed by atoms with van der Waals surface area (Å²) in [7, 11) is 0. The van der Waals surface area contributed by atoms with E-state index in [1.807, 2.05) is 12.1 Å². The van der Waals surface area contributed by atoms with Gasteiger partial charge in [-0.15, -0.1) is 0 Å². The fraction of sp³-hybridized carbons (Fsp3) is 0. The van der Waals surface area contributed by atoms with Crippen molar-refractivity contribution in [2.75, 3.05) is 0 Å². The largest absolute Gasteiger partial charge is 0.364 e. The normalized spacial score (nSPS) is 10.2. The van der Waals surface area contributed by atoms with Gasteiger partial charge in [0.2, 0.25) is 0 Å². The highest BCUT2D eigenvalue weighted by Gasteiger charge is 2.06. The van der Waals surface area contributed by atoms with E-state index >= 15 is 0 Å². The molecule has 0 aliphatic carbocycles. The zero-order valence-corrected chi connectivity index (χ0v) is 9.18. The third kappa shape index (κ3) is 2.04. The van der Waals surface area contributed by atoms with E-state index in [4.69, 9.17) is 5.73 Å².